The standard InChI is InChI=1S/C30H45N5O6S2/c1-19(2)41-29(37)32-21-11-9-20(10-12-21)27-31-17-25(42-27)24-14-13-22(16-26(24)43(38,39)34-30(3,4)5)33-28(36)40-18-23-8-7-15-35(23)6/h13-14,16-17,19-21,23,34H,7-12,15,18H2,1-6H3,(H,32,37)(H,33,36)/t20?,21?,23-/m0/s1. The van der Waals surface area contributed by atoms with Crippen molar-refractivity contribution in [3.8, 4) is 10.4 Å². The Hall–Kier alpha value is -2.74. The summed E-state index contributed by atoms with van der Waals surface area (Å²) in [5.41, 5.74) is 0.131. The fourth-order valence-electron chi connectivity index (χ4n) is 5.50. The van der Waals surface area contributed by atoms with Crippen LogP contribution in [0.5, 0.6) is 0 Å². The number of hydrogen-bond acceptors (Lipinski definition) is 9. The number of likely N-dealkylation sites (tertiary alicyclic amines) is 1. The van der Waals surface area contributed by atoms with Gasteiger partial charge in [-0.25, -0.2) is 27.7 Å². The SMILES string of the molecule is CC(C)OC(=O)NC1CCC(c2ncc(-c3ccc(NC(=O)OC[C@@H]4CCCN4C)cc3S(=O)(=O)NC(C)(C)C)s2)CC1. The molecule has 2 amide bonds. The Balaban J connectivity index is 1.49. The molecule has 1 aliphatic carbocycles. The quantitative estimate of drug-likeness (QED) is 0.319. The van der Waals surface area contributed by atoms with Crippen LogP contribution in [-0.2, 0) is 19.5 Å². The van der Waals surface area contributed by atoms with Crippen molar-refractivity contribution < 1.29 is 27.5 Å². The monoisotopic (exact) mass is 635 g/mol. The number of rotatable bonds is 9. The molecule has 0 radical (unpaired) electrons. The van der Waals surface area contributed by atoms with Crippen molar-refractivity contribution in [2.45, 2.75) is 108 Å². The van der Waals surface area contributed by atoms with Gasteiger partial charge in [0, 0.05) is 41.0 Å². The minimum Gasteiger partial charge on any atom is -0.448 e. The van der Waals surface area contributed by atoms with E-state index in [1.54, 1.807) is 39.1 Å². The molecule has 2 aromatic rings. The van der Waals surface area contributed by atoms with Crippen LogP contribution in [-0.4, -0.2) is 74.4 Å². The van der Waals surface area contributed by atoms with Gasteiger partial charge in [-0.15, -0.1) is 11.3 Å². The topological polar surface area (TPSA) is 139 Å². The Bertz CT molecular complexity index is 1380. The molecule has 0 spiro atoms. The summed E-state index contributed by atoms with van der Waals surface area (Å²) >= 11 is 1.47. The van der Waals surface area contributed by atoms with Crippen molar-refractivity contribution in [1.82, 2.24) is 19.9 Å². The average molecular weight is 636 g/mol. The Morgan fingerprint density at radius 1 is 1.12 bits per heavy atom. The highest BCUT2D eigenvalue weighted by atomic mass is 32.2. The molecular formula is C30H45N5O6S2. The van der Waals surface area contributed by atoms with Crippen LogP contribution in [0.25, 0.3) is 10.4 Å². The summed E-state index contributed by atoms with van der Waals surface area (Å²) < 4.78 is 40.6. The molecule has 3 N–H and O–H groups in total. The van der Waals surface area contributed by atoms with Gasteiger partial charge < -0.3 is 19.7 Å². The van der Waals surface area contributed by atoms with Crippen LogP contribution in [0.15, 0.2) is 29.3 Å². The Morgan fingerprint density at radius 3 is 2.47 bits per heavy atom. The van der Waals surface area contributed by atoms with E-state index in [9.17, 15) is 18.0 Å². The molecule has 2 aliphatic rings. The van der Waals surface area contributed by atoms with Crippen LogP contribution in [0.2, 0.25) is 0 Å². The van der Waals surface area contributed by atoms with Crippen molar-refractivity contribution in [2.24, 2.45) is 0 Å². The molecule has 4 rings (SSSR count). The molecule has 0 bridgehead atoms. The van der Waals surface area contributed by atoms with E-state index in [0.29, 0.717) is 11.3 Å². The third-order valence-corrected chi connectivity index (χ3v) is 10.6. The van der Waals surface area contributed by atoms with Crippen molar-refractivity contribution in [3.05, 3.63) is 29.4 Å². The molecular weight excluding hydrogens is 590 g/mol. The zero-order valence-corrected chi connectivity index (χ0v) is 27.6. The maximum Gasteiger partial charge on any atom is 0.411 e. The van der Waals surface area contributed by atoms with Crippen LogP contribution < -0.4 is 15.4 Å². The zero-order valence-electron chi connectivity index (χ0n) is 25.9. The first-order chi connectivity index (χ1) is 20.2. The summed E-state index contributed by atoms with van der Waals surface area (Å²) in [5.74, 6) is 0.222. The third kappa shape index (κ3) is 9.37. The number of amides is 2. The first-order valence-electron chi connectivity index (χ1n) is 15.0. The third-order valence-electron chi connectivity index (χ3n) is 7.57. The molecule has 2 heterocycles. The second-order valence-electron chi connectivity index (χ2n) is 12.8. The van der Waals surface area contributed by atoms with E-state index >= 15 is 0 Å². The highest BCUT2D eigenvalue weighted by molar-refractivity contribution is 7.89. The van der Waals surface area contributed by atoms with Gasteiger partial charge in [-0.05, 0) is 98.9 Å². The molecule has 238 valence electrons. The number of carbonyl (C=O) groups is 2. The summed E-state index contributed by atoms with van der Waals surface area (Å²) in [6.07, 6.45) is 5.93. The number of nitrogens with zero attached hydrogens (tertiary/aromatic N) is 2. The van der Waals surface area contributed by atoms with Crippen LogP contribution >= 0.6 is 11.3 Å². The van der Waals surface area contributed by atoms with E-state index in [-0.39, 0.29) is 41.7 Å². The Morgan fingerprint density at radius 2 is 1.84 bits per heavy atom. The maximum absolute atomic E-state index is 13.6. The second kappa shape index (κ2) is 13.9. The van der Waals surface area contributed by atoms with Crippen molar-refractivity contribution in [2.75, 3.05) is 25.5 Å². The number of hydrogen-bond donors (Lipinski definition) is 3. The van der Waals surface area contributed by atoms with Gasteiger partial charge in [-0.2, -0.15) is 0 Å². The molecule has 13 heteroatoms. The molecule has 1 atom stereocenters. The number of anilines is 1. The van der Waals surface area contributed by atoms with Gasteiger partial charge in [-0.1, -0.05) is 6.07 Å². The molecule has 43 heavy (non-hydrogen) atoms. The van der Waals surface area contributed by atoms with Crippen molar-refractivity contribution in [1.29, 1.82) is 0 Å². The van der Waals surface area contributed by atoms with E-state index in [0.717, 1.165) is 55.0 Å². The van der Waals surface area contributed by atoms with E-state index in [2.05, 4.69) is 25.2 Å². The summed E-state index contributed by atoms with van der Waals surface area (Å²) in [6.45, 7) is 10.2. The first kappa shape index (κ1) is 33.2. The van der Waals surface area contributed by atoms with Crippen LogP contribution in [0.1, 0.15) is 84.1 Å². The Labute approximate surface area is 259 Å². The number of sulfonamides is 1. The zero-order chi connectivity index (χ0) is 31.4. The van der Waals surface area contributed by atoms with E-state index in [1.165, 1.54) is 17.4 Å². The Kier molecular flexibility index (Phi) is 10.7. The summed E-state index contributed by atoms with van der Waals surface area (Å²) in [4.78, 5) is 32.2. The molecule has 1 aromatic carbocycles. The van der Waals surface area contributed by atoms with Crippen LogP contribution in [0.4, 0.5) is 15.3 Å². The van der Waals surface area contributed by atoms with Crippen molar-refractivity contribution in [3.63, 3.8) is 0 Å². The van der Waals surface area contributed by atoms with Gasteiger partial charge in [-0.3, -0.25) is 5.32 Å². The lowest BCUT2D eigenvalue weighted by Gasteiger charge is -2.28. The lowest BCUT2D eigenvalue weighted by molar-refractivity contribution is 0.109. The van der Waals surface area contributed by atoms with Gasteiger partial charge in [0.05, 0.1) is 20.9 Å². The normalized spacial score (nSPS) is 21.5. The van der Waals surface area contributed by atoms with Crippen molar-refractivity contribution >= 4 is 39.2 Å². The summed E-state index contributed by atoms with van der Waals surface area (Å²) in [6, 6.07) is 5.11. The van der Waals surface area contributed by atoms with Gasteiger partial charge >= 0.3 is 12.2 Å². The molecule has 0 unspecified atom stereocenters. The van der Waals surface area contributed by atoms with Gasteiger partial charge in [0.25, 0.3) is 0 Å². The molecule has 1 saturated heterocycles. The molecule has 1 saturated carbocycles. The number of ether oxygens (including phenoxy) is 2. The molecule has 2 fully saturated rings. The van der Waals surface area contributed by atoms with E-state index in [4.69, 9.17) is 9.47 Å². The van der Waals surface area contributed by atoms with Gasteiger partial charge in [0.2, 0.25) is 10.0 Å². The fraction of sp³-hybridized carbons (Fsp3) is 0.633. The average Bonchev–Trinajstić information content (AvgIpc) is 3.55. The molecule has 1 aliphatic heterocycles. The van der Waals surface area contributed by atoms with Crippen LogP contribution in [0.3, 0.4) is 0 Å². The lowest BCUT2D eigenvalue weighted by atomic mass is 9.86. The predicted octanol–water partition coefficient (Wildman–Crippen LogP) is 5.69. The highest BCUT2D eigenvalue weighted by Crippen LogP contribution is 2.40. The minimum absolute atomic E-state index is 0.0579. The summed E-state index contributed by atoms with van der Waals surface area (Å²) in [5, 5.41) is 6.58. The lowest BCUT2D eigenvalue weighted by Crippen LogP contribution is -2.40. The first-order valence-corrected chi connectivity index (χ1v) is 17.3. The smallest absolute Gasteiger partial charge is 0.411 e. The number of carbonyl (C=O) groups excluding carboxylic acids is 2. The number of thiazole rings is 1. The van der Waals surface area contributed by atoms with Gasteiger partial charge in [0.15, 0.2) is 0 Å². The number of alkyl carbamates (subject to hydrolysis) is 1. The minimum atomic E-state index is -3.95. The van der Waals surface area contributed by atoms with E-state index in [1.807, 2.05) is 20.9 Å². The number of aromatic nitrogens is 1. The highest BCUT2D eigenvalue weighted by Gasteiger charge is 2.29. The largest absolute Gasteiger partial charge is 0.448 e. The number of nitrogens with one attached hydrogen (secondary N) is 3. The predicted molar refractivity (Wildman–Crippen MR) is 168 cm³/mol. The summed E-state index contributed by atoms with van der Waals surface area (Å²) in [7, 11) is -1.94. The molecule has 1 aromatic heterocycles. The second-order valence-corrected chi connectivity index (χ2v) is 15.5. The molecule has 11 nitrogen and oxygen atoms in total. The number of benzene rings is 1. The maximum atomic E-state index is 13.6. The van der Waals surface area contributed by atoms with E-state index < -0.39 is 21.7 Å². The fourth-order valence-corrected chi connectivity index (χ4v) is 8.36. The van der Waals surface area contributed by atoms with Crippen LogP contribution in [0, 0.1) is 0 Å². The number of likely N-dealkylation sites (N-methyl/N-ethyl adjacent to an activating group) is 1. The van der Waals surface area contributed by atoms with Gasteiger partial charge in [0.1, 0.15) is 6.61 Å².